The molecule has 3 aromatic rings. The predicted octanol–water partition coefficient (Wildman–Crippen LogP) is 5.67. The van der Waals surface area contributed by atoms with Gasteiger partial charge in [0.25, 0.3) is 0 Å². The molecule has 9 heteroatoms. The first kappa shape index (κ1) is 21.9. The third-order valence-corrected chi connectivity index (χ3v) is 9.13. The number of hydrogen-bond acceptors (Lipinski definition) is 5. The van der Waals surface area contributed by atoms with E-state index in [4.69, 9.17) is 29.2 Å². The summed E-state index contributed by atoms with van der Waals surface area (Å²) >= 11 is 10.6. The maximum absolute atomic E-state index is 6.00. The number of H-pyrrole nitrogens is 2. The highest BCUT2D eigenvalue weighted by Gasteiger charge is 2.33. The Balaban J connectivity index is 1.42. The Bertz CT molecular complexity index is 1170. The normalized spacial score (nSPS) is 16.1. The maximum atomic E-state index is 6.00. The molecule has 1 atom stereocenters. The molecule has 31 heavy (non-hydrogen) atoms. The fraction of sp³-hybridized carbons (Fsp3) is 0.364. The summed E-state index contributed by atoms with van der Waals surface area (Å²) < 4.78 is 8.86. The lowest BCUT2D eigenvalue weighted by molar-refractivity contribution is 0.346. The van der Waals surface area contributed by atoms with Crippen molar-refractivity contribution in [3.63, 3.8) is 0 Å². The fourth-order valence-electron chi connectivity index (χ4n) is 4.37. The molecule has 1 aliphatic heterocycles. The van der Waals surface area contributed by atoms with Crippen molar-refractivity contribution in [3.05, 3.63) is 57.6 Å². The van der Waals surface area contributed by atoms with Crippen molar-refractivity contribution in [1.29, 1.82) is 0 Å². The van der Waals surface area contributed by atoms with Crippen LogP contribution in [0.15, 0.2) is 42.5 Å². The lowest BCUT2D eigenvalue weighted by Crippen LogP contribution is -2.51. The van der Waals surface area contributed by atoms with Crippen LogP contribution in [0.25, 0.3) is 5.69 Å². The Hall–Kier alpha value is -2.36. The Morgan fingerprint density at radius 2 is 1.84 bits per heavy atom. The molecule has 0 spiro atoms. The van der Waals surface area contributed by atoms with E-state index in [9.17, 15) is 0 Å². The molecule has 0 amide bonds. The third-order valence-electron chi connectivity index (χ3n) is 5.89. The van der Waals surface area contributed by atoms with Gasteiger partial charge in [-0.05, 0) is 79.2 Å². The van der Waals surface area contributed by atoms with Gasteiger partial charge in [0, 0.05) is 24.1 Å². The number of fused-ring (bicyclic) bond motifs is 1. The number of hydrogen-bond donors (Lipinski definition) is 3. The molecule has 1 aliphatic rings. The van der Waals surface area contributed by atoms with Crippen LogP contribution in [-0.2, 0) is 6.42 Å². The maximum Gasteiger partial charge on any atom is 0.198 e. The zero-order valence-corrected chi connectivity index (χ0v) is 21.0. The number of aromatic nitrogens is 3. The quantitative estimate of drug-likeness (QED) is 0.246. The second-order valence-electron chi connectivity index (χ2n) is 9.03. The zero-order valence-electron chi connectivity index (χ0n) is 18.4. The summed E-state index contributed by atoms with van der Waals surface area (Å²) in [6, 6.07) is 14.4. The van der Waals surface area contributed by atoms with Gasteiger partial charge in [0.15, 0.2) is 16.3 Å². The molecular formula is C22H29N5OS2Si. The van der Waals surface area contributed by atoms with E-state index in [0.29, 0.717) is 21.9 Å². The molecule has 6 nitrogen and oxygen atoms in total. The zero-order chi connectivity index (χ0) is 22.2. The van der Waals surface area contributed by atoms with Crippen molar-refractivity contribution < 1.29 is 4.74 Å². The first-order valence-corrected chi connectivity index (χ1v) is 14.9. The fourth-order valence-corrected chi connectivity index (χ4v) is 7.23. The van der Waals surface area contributed by atoms with Crippen molar-refractivity contribution in [3.8, 4) is 11.4 Å². The Morgan fingerprint density at radius 1 is 1.10 bits per heavy atom. The van der Waals surface area contributed by atoms with Gasteiger partial charge in [-0.2, -0.15) is 0 Å². The highest BCUT2D eigenvalue weighted by atomic mass is 32.1. The number of nitrogens with zero attached hydrogens (tertiary/aromatic N) is 2. The monoisotopic (exact) mass is 471 g/mol. The lowest BCUT2D eigenvalue weighted by Gasteiger charge is -2.42. The highest BCUT2D eigenvalue weighted by molar-refractivity contribution is 7.72. The van der Waals surface area contributed by atoms with Gasteiger partial charge in [0.1, 0.15) is 5.75 Å². The molecule has 2 heterocycles. The van der Waals surface area contributed by atoms with E-state index < -0.39 is 8.07 Å². The van der Waals surface area contributed by atoms with Crippen LogP contribution in [0.4, 0.5) is 11.4 Å². The number of nitrogens with one attached hydrogen (secondary N) is 3. The summed E-state index contributed by atoms with van der Waals surface area (Å²) in [4.78, 5) is 2.48. The number of rotatable bonds is 6. The number of benzene rings is 2. The first-order chi connectivity index (χ1) is 14.7. The number of ether oxygens (including phenoxy) is 1. The van der Waals surface area contributed by atoms with Crippen molar-refractivity contribution in [2.75, 3.05) is 24.0 Å². The van der Waals surface area contributed by atoms with Crippen molar-refractivity contribution in [2.45, 2.75) is 38.1 Å². The van der Waals surface area contributed by atoms with Crippen LogP contribution in [0, 0.1) is 9.54 Å². The Morgan fingerprint density at radius 3 is 2.55 bits per heavy atom. The molecule has 0 radical (unpaired) electrons. The van der Waals surface area contributed by atoms with Gasteiger partial charge < -0.3 is 15.0 Å². The molecule has 3 N–H and O–H groups in total. The van der Waals surface area contributed by atoms with Gasteiger partial charge in [-0.25, -0.2) is 0 Å². The van der Waals surface area contributed by atoms with Crippen molar-refractivity contribution in [1.82, 2.24) is 14.8 Å². The smallest absolute Gasteiger partial charge is 0.198 e. The molecule has 0 bridgehead atoms. The topological polar surface area (TPSA) is 61.0 Å². The van der Waals surface area contributed by atoms with Crippen molar-refractivity contribution in [2.24, 2.45) is 0 Å². The number of anilines is 2. The SMILES string of the molecule is CN1c2ccc(OCNc3cccc(-n4c(=S)[nH][nH]c4=S)c3)cc2CCC1[Si](C)(C)C. The van der Waals surface area contributed by atoms with Gasteiger partial charge in [0.2, 0.25) is 0 Å². The highest BCUT2D eigenvalue weighted by Crippen LogP contribution is 2.35. The molecule has 0 aliphatic carbocycles. The van der Waals surface area contributed by atoms with E-state index in [1.165, 1.54) is 17.7 Å². The van der Waals surface area contributed by atoms with Crippen LogP contribution < -0.4 is 15.0 Å². The van der Waals surface area contributed by atoms with Crippen LogP contribution >= 0.6 is 24.4 Å². The summed E-state index contributed by atoms with van der Waals surface area (Å²) in [6.07, 6.45) is 2.33. The van der Waals surface area contributed by atoms with E-state index in [0.717, 1.165) is 23.5 Å². The van der Waals surface area contributed by atoms with Crippen LogP contribution in [0.5, 0.6) is 5.75 Å². The largest absolute Gasteiger partial charge is 0.473 e. The summed E-state index contributed by atoms with van der Waals surface area (Å²) in [5.41, 5.74) is 5.22. The van der Waals surface area contributed by atoms with E-state index in [2.05, 4.69) is 65.3 Å². The second-order valence-corrected chi connectivity index (χ2v) is 15.2. The van der Waals surface area contributed by atoms with E-state index in [1.807, 2.05) is 24.3 Å². The average Bonchev–Trinajstić information content (AvgIpc) is 3.05. The predicted molar refractivity (Wildman–Crippen MR) is 136 cm³/mol. The number of aromatic amines is 2. The molecular weight excluding hydrogens is 442 g/mol. The standard InChI is InChI=1S/C22H29N5OS2Si/c1-26-19-10-9-18(12-15(19)8-11-20(26)31(2,3)4)28-14-23-16-6-5-7-17(13-16)27-21(29)24-25-22(27)30/h5-7,9-10,12-13,20,23H,8,11,14H2,1-4H3,(H,24,29)(H,25,30). The minimum absolute atomic E-state index is 0.376. The van der Waals surface area contributed by atoms with Gasteiger partial charge in [-0.3, -0.25) is 14.8 Å². The molecule has 2 aromatic carbocycles. The average molecular weight is 472 g/mol. The summed E-state index contributed by atoms with van der Waals surface area (Å²) in [6.45, 7) is 7.74. The first-order valence-electron chi connectivity index (χ1n) is 10.5. The molecule has 0 saturated heterocycles. The van der Waals surface area contributed by atoms with Crippen LogP contribution in [0.3, 0.4) is 0 Å². The van der Waals surface area contributed by atoms with Gasteiger partial charge >= 0.3 is 0 Å². The molecule has 1 aromatic heterocycles. The van der Waals surface area contributed by atoms with Gasteiger partial charge in [-0.15, -0.1) is 0 Å². The third kappa shape index (κ3) is 4.63. The van der Waals surface area contributed by atoms with E-state index in [-0.39, 0.29) is 0 Å². The summed E-state index contributed by atoms with van der Waals surface area (Å²) in [5, 5.41) is 9.04. The van der Waals surface area contributed by atoms with Gasteiger partial charge in [0.05, 0.1) is 13.8 Å². The van der Waals surface area contributed by atoms with E-state index >= 15 is 0 Å². The molecule has 0 saturated carbocycles. The summed E-state index contributed by atoms with van der Waals surface area (Å²) in [7, 11) is 1.01. The molecule has 164 valence electrons. The van der Waals surface area contributed by atoms with E-state index in [1.54, 1.807) is 4.57 Å². The lowest BCUT2D eigenvalue weighted by atomic mass is 10.0. The molecule has 1 unspecified atom stereocenters. The molecule has 0 fully saturated rings. The Labute approximate surface area is 194 Å². The van der Waals surface area contributed by atoms with Gasteiger partial charge in [-0.1, -0.05) is 25.7 Å². The van der Waals surface area contributed by atoms with Crippen LogP contribution in [0.1, 0.15) is 12.0 Å². The molecule has 4 rings (SSSR count). The van der Waals surface area contributed by atoms with Crippen LogP contribution in [-0.4, -0.2) is 42.3 Å². The minimum Gasteiger partial charge on any atom is -0.473 e. The van der Waals surface area contributed by atoms with Crippen LogP contribution in [0.2, 0.25) is 19.6 Å². The minimum atomic E-state index is -1.23. The second kappa shape index (κ2) is 8.64. The summed E-state index contributed by atoms with van der Waals surface area (Å²) in [5.74, 6) is 0.887. The Kier molecular flexibility index (Phi) is 6.09. The van der Waals surface area contributed by atoms with Crippen molar-refractivity contribution >= 4 is 43.9 Å². The number of aryl methyl sites for hydroxylation is 1.